The number of phenolic OH excluding ortho intramolecular Hbond substituents is 1. The quantitative estimate of drug-likeness (QED) is 0.884. The number of aromatic nitrogens is 1. The van der Waals surface area contributed by atoms with Gasteiger partial charge in [0.2, 0.25) is 0 Å². The number of thiazole rings is 1. The average molecular weight is 283 g/mol. The molecule has 0 bridgehead atoms. The van der Waals surface area contributed by atoms with E-state index in [1.807, 2.05) is 6.20 Å². The number of nitrogens with zero attached hydrogens (tertiary/aromatic N) is 1. The molecule has 2 aromatic rings. The standard InChI is InChI=1S/C13H15ClN2OS/c1-2-9-6-16-13(18-9)8-15-7-10-11(14)4-3-5-12(10)17/h3-6,15,17H,2,7-8H2,1H3. The smallest absolute Gasteiger partial charge is 0.121 e. The van der Waals surface area contributed by atoms with E-state index in [9.17, 15) is 5.11 Å². The molecule has 0 aliphatic heterocycles. The van der Waals surface area contributed by atoms with E-state index in [0.717, 1.165) is 17.0 Å². The third kappa shape index (κ3) is 3.22. The van der Waals surface area contributed by atoms with Gasteiger partial charge in [0.15, 0.2) is 0 Å². The van der Waals surface area contributed by atoms with Gasteiger partial charge in [-0.2, -0.15) is 0 Å². The van der Waals surface area contributed by atoms with Crippen LogP contribution in [0.15, 0.2) is 24.4 Å². The summed E-state index contributed by atoms with van der Waals surface area (Å²) in [7, 11) is 0. The Morgan fingerprint density at radius 3 is 2.89 bits per heavy atom. The Bertz CT molecular complexity index is 507. The van der Waals surface area contributed by atoms with Crippen molar-refractivity contribution in [1.29, 1.82) is 0 Å². The molecule has 0 aliphatic carbocycles. The summed E-state index contributed by atoms with van der Waals surface area (Å²) in [5.41, 5.74) is 0.728. The molecule has 0 atom stereocenters. The fourth-order valence-electron chi connectivity index (χ4n) is 1.61. The summed E-state index contributed by atoms with van der Waals surface area (Å²) >= 11 is 7.73. The lowest BCUT2D eigenvalue weighted by Gasteiger charge is -2.07. The Morgan fingerprint density at radius 1 is 1.39 bits per heavy atom. The summed E-state index contributed by atoms with van der Waals surface area (Å²) in [5.74, 6) is 0.225. The maximum Gasteiger partial charge on any atom is 0.121 e. The molecule has 1 aromatic heterocycles. The van der Waals surface area contributed by atoms with Crippen LogP contribution in [-0.4, -0.2) is 10.1 Å². The molecule has 0 amide bonds. The zero-order chi connectivity index (χ0) is 13.0. The third-order valence-electron chi connectivity index (χ3n) is 2.62. The summed E-state index contributed by atoms with van der Waals surface area (Å²) < 4.78 is 0. The van der Waals surface area contributed by atoms with Crippen LogP contribution in [0.4, 0.5) is 0 Å². The number of halogens is 1. The number of nitrogens with one attached hydrogen (secondary N) is 1. The van der Waals surface area contributed by atoms with Gasteiger partial charge in [-0.1, -0.05) is 24.6 Å². The molecule has 0 saturated carbocycles. The molecule has 0 aliphatic rings. The topological polar surface area (TPSA) is 45.2 Å². The maximum absolute atomic E-state index is 9.69. The van der Waals surface area contributed by atoms with Crippen LogP contribution in [0.25, 0.3) is 0 Å². The van der Waals surface area contributed by atoms with Gasteiger partial charge >= 0.3 is 0 Å². The van der Waals surface area contributed by atoms with Crippen LogP contribution in [-0.2, 0) is 19.5 Å². The highest BCUT2D eigenvalue weighted by molar-refractivity contribution is 7.11. The van der Waals surface area contributed by atoms with Crippen LogP contribution < -0.4 is 5.32 Å². The fraction of sp³-hybridized carbons (Fsp3) is 0.308. The van der Waals surface area contributed by atoms with Gasteiger partial charge in [0.1, 0.15) is 10.8 Å². The van der Waals surface area contributed by atoms with Gasteiger partial charge in [-0.3, -0.25) is 0 Å². The molecule has 0 unspecified atom stereocenters. The molecule has 5 heteroatoms. The van der Waals surface area contributed by atoms with E-state index in [1.54, 1.807) is 29.5 Å². The Labute approximate surface area is 115 Å². The van der Waals surface area contributed by atoms with E-state index < -0.39 is 0 Å². The van der Waals surface area contributed by atoms with Crippen molar-refractivity contribution in [3.8, 4) is 5.75 Å². The number of hydrogen-bond donors (Lipinski definition) is 2. The highest BCUT2D eigenvalue weighted by Crippen LogP contribution is 2.25. The Morgan fingerprint density at radius 2 is 2.22 bits per heavy atom. The van der Waals surface area contributed by atoms with Gasteiger partial charge < -0.3 is 10.4 Å². The van der Waals surface area contributed by atoms with Crippen molar-refractivity contribution < 1.29 is 5.11 Å². The Balaban J connectivity index is 1.92. The zero-order valence-corrected chi connectivity index (χ0v) is 11.7. The van der Waals surface area contributed by atoms with Crippen molar-refractivity contribution in [1.82, 2.24) is 10.3 Å². The molecule has 0 fully saturated rings. The first kappa shape index (κ1) is 13.3. The Kier molecular flexibility index (Phi) is 4.58. The number of benzene rings is 1. The first-order valence-electron chi connectivity index (χ1n) is 5.81. The normalized spacial score (nSPS) is 10.8. The van der Waals surface area contributed by atoms with Gasteiger partial charge in [-0.05, 0) is 18.6 Å². The minimum atomic E-state index is 0.225. The highest BCUT2D eigenvalue weighted by Gasteiger charge is 2.06. The van der Waals surface area contributed by atoms with E-state index in [2.05, 4.69) is 17.2 Å². The molecule has 96 valence electrons. The summed E-state index contributed by atoms with van der Waals surface area (Å²) in [4.78, 5) is 5.61. The van der Waals surface area contributed by atoms with Crippen LogP contribution >= 0.6 is 22.9 Å². The zero-order valence-electron chi connectivity index (χ0n) is 10.1. The molecule has 0 radical (unpaired) electrons. The highest BCUT2D eigenvalue weighted by atomic mass is 35.5. The summed E-state index contributed by atoms with van der Waals surface area (Å²) in [6.07, 6.45) is 2.93. The van der Waals surface area contributed by atoms with Crippen LogP contribution in [0, 0.1) is 0 Å². The van der Waals surface area contributed by atoms with Crippen molar-refractivity contribution >= 4 is 22.9 Å². The lowest BCUT2D eigenvalue weighted by atomic mass is 10.2. The SMILES string of the molecule is CCc1cnc(CNCc2c(O)cccc2Cl)s1. The molecular weight excluding hydrogens is 268 g/mol. The molecule has 2 rings (SSSR count). The number of aryl methyl sites for hydroxylation is 1. The van der Waals surface area contributed by atoms with Crippen molar-refractivity contribution in [2.45, 2.75) is 26.4 Å². The van der Waals surface area contributed by atoms with E-state index in [4.69, 9.17) is 11.6 Å². The van der Waals surface area contributed by atoms with E-state index in [-0.39, 0.29) is 5.75 Å². The molecule has 3 nitrogen and oxygen atoms in total. The van der Waals surface area contributed by atoms with Crippen molar-refractivity contribution in [3.05, 3.63) is 44.9 Å². The second-order valence-corrected chi connectivity index (χ2v) is 5.52. The minimum absolute atomic E-state index is 0.225. The number of phenols is 1. The predicted octanol–water partition coefficient (Wildman–Crippen LogP) is 3.35. The van der Waals surface area contributed by atoms with Gasteiger partial charge in [0, 0.05) is 34.7 Å². The lowest BCUT2D eigenvalue weighted by molar-refractivity contribution is 0.464. The van der Waals surface area contributed by atoms with E-state index in [0.29, 0.717) is 18.1 Å². The fourth-order valence-corrected chi connectivity index (χ4v) is 2.68. The summed E-state index contributed by atoms with van der Waals surface area (Å²) in [5, 5.41) is 14.6. The van der Waals surface area contributed by atoms with Crippen LogP contribution in [0.3, 0.4) is 0 Å². The second kappa shape index (κ2) is 6.18. The third-order valence-corrected chi connectivity index (χ3v) is 4.12. The van der Waals surface area contributed by atoms with Crippen LogP contribution in [0.1, 0.15) is 22.4 Å². The van der Waals surface area contributed by atoms with E-state index in [1.165, 1.54) is 4.88 Å². The number of hydrogen-bond acceptors (Lipinski definition) is 4. The van der Waals surface area contributed by atoms with Crippen molar-refractivity contribution in [2.24, 2.45) is 0 Å². The monoisotopic (exact) mass is 282 g/mol. The van der Waals surface area contributed by atoms with Gasteiger partial charge in [0.25, 0.3) is 0 Å². The Hall–Kier alpha value is -1.10. The maximum atomic E-state index is 9.69. The molecular formula is C13H15ClN2OS. The lowest BCUT2D eigenvalue weighted by Crippen LogP contribution is -2.12. The van der Waals surface area contributed by atoms with E-state index >= 15 is 0 Å². The van der Waals surface area contributed by atoms with Gasteiger partial charge in [-0.15, -0.1) is 11.3 Å². The number of aromatic hydroxyl groups is 1. The molecule has 1 aromatic carbocycles. The van der Waals surface area contributed by atoms with Gasteiger partial charge in [0.05, 0.1) is 0 Å². The molecule has 2 N–H and O–H groups in total. The second-order valence-electron chi connectivity index (χ2n) is 3.91. The predicted molar refractivity (Wildman–Crippen MR) is 75.2 cm³/mol. The molecule has 18 heavy (non-hydrogen) atoms. The van der Waals surface area contributed by atoms with Crippen LogP contribution in [0.2, 0.25) is 5.02 Å². The molecule has 0 spiro atoms. The average Bonchev–Trinajstić information content (AvgIpc) is 2.81. The number of rotatable bonds is 5. The summed E-state index contributed by atoms with van der Waals surface area (Å²) in [6, 6.07) is 5.15. The van der Waals surface area contributed by atoms with Crippen molar-refractivity contribution in [2.75, 3.05) is 0 Å². The first-order valence-corrected chi connectivity index (χ1v) is 7.00. The molecule has 0 saturated heterocycles. The minimum Gasteiger partial charge on any atom is -0.508 e. The summed E-state index contributed by atoms with van der Waals surface area (Å²) in [6.45, 7) is 3.34. The first-order chi connectivity index (χ1) is 8.70. The largest absolute Gasteiger partial charge is 0.508 e. The van der Waals surface area contributed by atoms with Crippen LogP contribution in [0.5, 0.6) is 5.75 Å². The van der Waals surface area contributed by atoms with Crippen molar-refractivity contribution in [3.63, 3.8) is 0 Å². The molecule has 1 heterocycles. The van der Waals surface area contributed by atoms with Gasteiger partial charge in [-0.25, -0.2) is 4.98 Å².